The van der Waals surface area contributed by atoms with Crippen molar-refractivity contribution in [1.82, 2.24) is 0 Å². The van der Waals surface area contributed by atoms with Crippen molar-refractivity contribution in [2.75, 3.05) is 0 Å². The minimum absolute atomic E-state index is 0.711. The Hall–Kier alpha value is -2.06. The maximum absolute atomic E-state index is 5.26. The van der Waals surface area contributed by atoms with Gasteiger partial charge in [0.15, 0.2) is 5.75 Å². The molecule has 0 amide bonds. The van der Waals surface area contributed by atoms with Gasteiger partial charge in [0.2, 0.25) is 0 Å². The average molecular weight is 209 g/mol. The summed E-state index contributed by atoms with van der Waals surface area (Å²) in [5.41, 5.74) is 0. The fourth-order valence-electron chi connectivity index (χ4n) is 2.11. The van der Waals surface area contributed by atoms with Crippen molar-refractivity contribution in [3.05, 3.63) is 54.6 Å². The highest BCUT2D eigenvalue weighted by Gasteiger charge is 2.04. The van der Waals surface area contributed by atoms with Gasteiger partial charge in [-0.05, 0) is 28.3 Å². The van der Waals surface area contributed by atoms with Gasteiger partial charge in [0.25, 0.3) is 0 Å². The van der Waals surface area contributed by atoms with Crippen molar-refractivity contribution < 1.29 is 4.84 Å². The van der Waals surface area contributed by atoms with Gasteiger partial charge in [-0.25, -0.2) is 0 Å². The molecule has 0 fully saturated rings. The van der Waals surface area contributed by atoms with Crippen LogP contribution in [0.15, 0.2) is 54.6 Å². The highest BCUT2D eigenvalue weighted by molar-refractivity contribution is 6.09. The zero-order chi connectivity index (χ0) is 11.0. The molecule has 2 nitrogen and oxygen atoms in total. The van der Waals surface area contributed by atoms with E-state index in [1.54, 1.807) is 0 Å². The maximum Gasteiger partial charge on any atom is 0.154 e. The number of fused-ring (bicyclic) bond motifs is 3. The molecule has 0 heterocycles. The zero-order valence-corrected chi connectivity index (χ0v) is 8.68. The van der Waals surface area contributed by atoms with Crippen LogP contribution in [0.25, 0.3) is 21.5 Å². The normalized spacial score (nSPS) is 10.8. The molecular formula is C14H11NO. The highest BCUT2D eigenvalue weighted by Crippen LogP contribution is 2.30. The quantitative estimate of drug-likeness (QED) is 0.493. The van der Waals surface area contributed by atoms with Crippen molar-refractivity contribution in [2.45, 2.75) is 0 Å². The van der Waals surface area contributed by atoms with Crippen LogP contribution in [0.4, 0.5) is 0 Å². The van der Waals surface area contributed by atoms with Crippen LogP contribution < -0.4 is 10.7 Å². The largest absolute Gasteiger partial charge is 0.411 e. The van der Waals surface area contributed by atoms with E-state index in [9.17, 15) is 0 Å². The molecule has 0 unspecified atom stereocenters. The minimum Gasteiger partial charge on any atom is -0.411 e. The van der Waals surface area contributed by atoms with Crippen LogP contribution in [0.5, 0.6) is 5.75 Å². The van der Waals surface area contributed by atoms with E-state index in [2.05, 4.69) is 24.3 Å². The highest BCUT2D eigenvalue weighted by atomic mass is 16.6. The predicted octanol–water partition coefficient (Wildman–Crippen LogP) is 3.25. The molecule has 78 valence electrons. The van der Waals surface area contributed by atoms with Crippen molar-refractivity contribution >= 4 is 21.5 Å². The van der Waals surface area contributed by atoms with Crippen molar-refractivity contribution in [2.24, 2.45) is 5.90 Å². The van der Waals surface area contributed by atoms with Gasteiger partial charge in [0.1, 0.15) is 0 Å². The standard InChI is InChI=1S/C14H11NO/c15-16-14-7-3-6-12-11-5-2-1-4-10(11)8-9-13(12)14/h1-9H,15H2. The molecule has 0 saturated carbocycles. The van der Waals surface area contributed by atoms with Crippen molar-refractivity contribution in [3.63, 3.8) is 0 Å². The molecule has 0 atom stereocenters. The number of hydrogen-bond donors (Lipinski definition) is 1. The lowest BCUT2D eigenvalue weighted by Crippen LogP contribution is -2.01. The Balaban J connectivity index is 2.52. The zero-order valence-electron chi connectivity index (χ0n) is 8.68. The molecule has 0 aliphatic carbocycles. The summed E-state index contributed by atoms with van der Waals surface area (Å²) in [6.45, 7) is 0. The smallest absolute Gasteiger partial charge is 0.154 e. The van der Waals surface area contributed by atoms with Gasteiger partial charge in [-0.3, -0.25) is 0 Å². The van der Waals surface area contributed by atoms with Gasteiger partial charge < -0.3 is 4.84 Å². The van der Waals surface area contributed by atoms with Crippen LogP contribution in [0.2, 0.25) is 0 Å². The summed E-state index contributed by atoms with van der Waals surface area (Å²) in [5.74, 6) is 5.97. The van der Waals surface area contributed by atoms with Crippen LogP contribution in [0.1, 0.15) is 0 Å². The van der Waals surface area contributed by atoms with Crippen LogP contribution in [-0.4, -0.2) is 0 Å². The van der Waals surface area contributed by atoms with Gasteiger partial charge in [0, 0.05) is 5.39 Å². The molecule has 0 aliphatic heterocycles. The third-order valence-electron chi connectivity index (χ3n) is 2.87. The summed E-state index contributed by atoms with van der Waals surface area (Å²) < 4.78 is 0. The van der Waals surface area contributed by atoms with Gasteiger partial charge in [0.05, 0.1) is 0 Å². The topological polar surface area (TPSA) is 35.2 Å². The molecular weight excluding hydrogens is 198 g/mol. The molecule has 2 N–H and O–H groups in total. The Kier molecular flexibility index (Phi) is 2.01. The third-order valence-corrected chi connectivity index (χ3v) is 2.87. The lowest BCUT2D eigenvalue weighted by molar-refractivity contribution is 0.339. The van der Waals surface area contributed by atoms with E-state index in [0.29, 0.717) is 5.75 Å². The number of nitrogens with two attached hydrogens (primary N) is 1. The summed E-state index contributed by atoms with van der Waals surface area (Å²) in [7, 11) is 0. The first kappa shape index (κ1) is 9.19. The molecule has 0 aliphatic rings. The summed E-state index contributed by atoms with van der Waals surface area (Å²) >= 11 is 0. The summed E-state index contributed by atoms with van der Waals surface area (Å²) in [5, 5.41) is 4.66. The van der Waals surface area contributed by atoms with E-state index in [0.717, 1.165) is 5.39 Å². The van der Waals surface area contributed by atoms with Gasteiger partial charge >= 0.3 is 0 Å². The van der Waals surface area contributed by atoms with Gasteiger partial charge in [-0.2, -0.15) is 5.90 Å². The Morgan fingerprint density at radius 3 is 2.38 bits per heavy atom. The Morgan fingerprint density at radius 2 is 1.50 bits per heavy atom. The summed E-state index contributed by atoms with van der Waals surface area (Å²) in [4.78, 5) is 4.88. The monoisotopic (exact) mass is 209 g/mol. The van der Waals surface area contributed by atoms with Gasteiger partial charge in [-0.1, -0.05) is 42.5 Å². The maximum atomic E-state index is 5.26. The van der Waals surface area contributed by atoms with Crippen molar-refractivity contribution in [1.29, 1.82) is 0 Å². The summed E-state index contributed by atoms with van der Waals surface area (Å²) in [6.07, 6.45) is 0. The number of rotatable bonds is 1. The Labute approximate surface area is 93.2 Å². The fraction of sp³-hybridized carbons (Fsp3) is 0. The molecule has 0 radical (unpaired) electrons. The lowest BCUT2D eigenvalue weighted by Gasteiger charge is -2.06. The van der Waals surface area contributed by atoms with Crippen LogP contribution in [0, 0.1) is 0 Å². The van der Waals surface area contributed by atoms with Crippen LogP contribution in [0.3, 0.4) is 0 Å². The van der Waals surface area contributed by atoms with E-state index < -0.39 is 0 Å². The molecule has 2 heteroatoms. The molecule has 3 aromatic carbocycles. The van der Waals surface area contributed by atoms with Crippen LogP contribution >= 0.6 is 0 Å². The average Bonchev–Trinajstić information content (AvgIpc) is 2.37. The molecule has 3 rings (SSSR count). The number of benzene rings is 3. The lowest BCUT2D eigenvalue weighted by atomic mass is 10.0. The third kappa shape index (κ3) is 1.24. The molecule has 0 bridgehead atoms. The van der Waals surface area contributed by atoms with E-state index in [1.807, 2.05) is 30.3 Å². The molecule has 16 heavy (non-hydrogen) atoms. The van der Waals surface area contributed by atoms with Crippen LogP contribution in [-0.2, 0) is 0 Å². The predicted molar refractivity (Wildman–Crippen MR) is 66.3 cm³/mol. The Morgan fingerprint density at radius 1 is 0.688 bits per heavy atom. The molecule has 0 spiro atoms. The second-order valence-electron chi connectivity index (χ2n) is 3.76. The molecule has 3 aromatic rings. The van der Waals surface area contributed by atoms with Crippen molar-refractivity contribution in [3.8, 4) is 5.75 Å². The van der Waals surface area contributed by atoms with Gasteiger partial charge in [-0.15, -0.1) is 0 Å². The first-order valence-electron chi connectivity index (χ1n) is 5.17. The first-order valence-corrected chi connectivity index (χ1v) is 5.17. The SMILES string of the molecule is NOc1cccc2c1ccc1ccccc12. The fourth-order valence-corrected chi connectivity index (χ4v) is 2.11. The minimum atomic E-state index is 0.711. The van der Waals surface area contributed by atoms with E-state index in [1.165, 1.54) is 16.2 Å². The second kappa shape index (κ2) is 3.51. The first-order chi connectivity index (χ1) is 7.90. The second-order valence-corrected chi connectivity index (χ2v) is 3.76. The molecule has 0 saturated heterocycles. The van der Waals surface area contributed by atoms with E-state index in [-0.39, 0.29) is 0 Å². The molecule has 0 aromatic heterocycles. The Bertz CT molecular complexity index is 661. The van der Waals surface area contributed by atoms with E-state index in [4.69, 9.17) is 10.7 Å². The summed E-state index contributed by atoms with van der Waals surface area (Å²) in [6, 6.07) is 18.3. The number of hydrogen-bond acceptors (Lipinski definition) is 2. The van der Waals surface area contributed by atoms with E-state index >= 15 is 0 Å².